The molecule has 1 aliphatic heterocycles. The summed E-state index contributed by atoms with van der Waals surface area (Å²) in [6.45, 7) is 2.59. The lowest BCUT2D eigenvalue weighted by atomic mass is 10.1. The van der Waals surface area contributed by atoms with Gasteiger partial charge in [0, 0.05) is 19.6 Å². The van der Waals surface area contributed by atoms with Crippen molar-refractivity contribution in [3.63, 3.8) is 0 Å². The third-order valence-electron chi connectivity index (χ3n) is 2.76. The molecule has 5 nitrogen and oxygen atoms in total. The first kappa shape index (κ1) is 13.0. The van der Waals surface area contributed by atoms with Crippen LogP contribution in [0.5, 0.6) is 0 Å². The van der Waals surface area contributed by atoms with E-state index in [1.807, 2.05) is 11.4 Å². The van der Waals surface area contributed by atoms with E-state index >= 15 is 0 Å². The highest BCUT2D eigenvalue weighted by Gasteiger charge is 2.22. The van der Waals surface area contributed by atoms with Crippen LogP contribution < -0.4 is 5.14 Å². The van der Waals surface area contributed by atoms with Crippen molar-refractivity contribution >= 4 is 21.4 Å². The molecule has 0 bridgehead atoms. The highest BCUT2D eigenvalue weighted by Crippen LogP contribution is 2.23. The average Bonchev–Trinajstić information content (AvgIpc) is 2.79. The smallest absolute Gasteiger partial charge is 0.210 e. The van der Waals surface area contributed by atoms with E-state index in [0.29, 0.717) is 13.2 Å². The number of ether oxygens (including phenoxy) is 1. The molecule has 2 rings (SSSR count). The number of hydrogen-bond donors (Lipinski definition) is 1. The molecule has 2 heterocycles. The fraction of sp³-hybridized carbons (Fsp3) is 0.600. The standard InChI is InChI=1S/C10H16N2O3S2/c11-17(13,14)6-3-12-2-4-15-10(7-12)9-1-5-16-8-9/h1,5,8,10H,2-4,6-7H2,(H2,11,13,14)/t10-/m1/s1. The molecule has 2 N–H and O–H groups in total. The first-order valence-corrected chi connectivity index (χ1v) is 8.07. The van der Waals surface area contributed by atoms with Crippen LogP contribution in [0.3, 0.4) is 0 Å². The number of morpholine rings is 1. The summed E-state index contributed by atoms with van der Waals surface area (Å²) in [5.41, 5.74) is 1.16. The molecule has 0 spiro atoms. The first-order valence-electron chi connectivity index (χ1n) is 5.41. The topological polar surface area (TPSA) is 72.6 Å². The molecule has 1 atom stereocenters. The minimum atomic E-state index is -3.38. The normalized spacial score (nSPS) is 22.8. The van der Waals surface area contributed by atoms with Gasteiger partial charge in [0.2, 0.25) is 10.0 Å². The molecule has 0 saturated carbocycles. The van der Waals surface area contributed by atoms with Crippen molar-refractivity contribution < 1.29 is 13.2 Å². The van der Waals surface area contributed by atoms with Crippen molar-refractivity contribution in [3.05, 3.63) is 22.4 Å². The zero-order valence-corrected chi connectivity index (χ0v) is 11.0. The Bertz CT molecular complexity index is 444. The van der Waals surface area contributed by atoms with Gasteiger partial charge in [0.25, 0.3) is 0 Å². The Kier molecular flexibility index (Phi) is 4.16. The van der Waals surface area contributed by atoms with E-state index in [1.54, 1.807) is 11.3 Å². The van der Waals surface area contributed by atoms with E-state index in [2.05, 4.69) is 10.3 Å². The second kappa shape index (κ2) is 5.45. The summed E-state index contributed by atoms with van der Waals surface area (Å²) < 4.78 is 27.5. The van der Waals surface area contributed by atoms with E-state index in [0.717, 1.165) is 18.7 Å². The van der Waals surface area contributed by atoms with Crippen LogP contribution in [0.1, 0.15) is 11.7 Å². The summed E-state index contributed by atoms with van der Waals surface area (Å²) >= 11 is 1.64. The predicted octanol–water partition coefficient (Wildman–Crippen LogP) is 0.410. The van der Waals surface area contributed by atoms with Crippen LogP contribution in [0, 0.1) is 0 Å². The second-order valence-corrected chi connectivity index (χ2v) is 6.60. The van der Waals surface area contributed by atoms with Gasteiger partial charge in [0.05, 0.1) is 18.5 Å². The Hall–Kier alpha value is -0.470. The molecule has 0 radical (unpaired) electrons. The highest BCUT2D eigenvalue weighted by molar-refractivity contribution is 7.89. The van der Waals surface area contributed by atoms with E-state index in [9.17, 15) is 8.42 Å². The van der Waals surface area contributed by atoms with E-state index in [4.69, 9.17) is 9.88 Å². The van der Waals surface area contributed by atoms with Crippen molar-refractivity contribution in [3.8, 4) is 0 Å². The number of nitrogens with zero attached hydrogens (tertiary/aromatic N) is 1. The molecule has 0 amide bonds. The monoisotopic (exact) mass is 276 g/mol. The lowest BCUT2D eigenvalue weighted by Gasteiger charge is -2.32. The van der Waals surface area contributed by atoms with Gasteiger partial charge in [-0.1, -0.05) is 0 Å². The number of thiophene rings is 1. The lowest BCUT2D eigenvalue weighted by molar-refractivity contribution is -0.0277. The van der Waals surface area contributed by atoms with Crippen molar-refractivity contribution in [2.24, 2.45) is 5.14 Å². The number of hydrogen-bond acceptors (Lipinski definition) is 5. The molecule has 0 unspecified atom stereocenters. The van der Waals surface area contributed by atoms with Crippen LogP contribution in [-0.2, 0) is 14.8 Å². The third-order valence-corrected chi connectivity index (χ3v) is 4.21. The number of primary sulfonamides is 1. The number of nitrogens with two attached hydrogens (primary N) is 1. The van der Waals surface area contributed by atoms with Gasteiger partial charge in [-0.25, -0.2) is 13.6 Å². The number of sulfonamides is 1. The Morgan fingerprint density at radius 1 is 1.59 bits per heavy atom. The molecular formula is C10H16N2O3S2. The highest BCUT2D eigenvalue weighted by atomic mass is 32.2. The molecule has 1 fully saturated rings. The summed E-state index contributed by atoms with van der Waals surface area (Å²) in [6, 6.07) is 2.04. The maximum absolute atomic E-state index is 10.9. The third kappa shape index (κ3) is 4.04. The van der Waals surface area contributed by atoms with Gasteiger partial charge in [0.1, 0.15) is 0 Å². The summed E-state index contributed by atoms with van der Waals surface area (Å²) in [6.07, 6.45) is 0.0514. The van der Waals surface area contributed by atoms with Gasteiger partial charge in [-0.2, -0.15) is 11.3 Å². The Morgan fingerprint density at radius 2 is 2.41 bits per heavy atom. The van der Waals surface area contributed by atoms with Crippen molar-refractivity contribution in [1.82, 2.24) is 4.90 Å². The molecule has 96 valence electrons. The summed E-state index contributed by atoms with van der Waals surface area (Å²) in [5, 5.41) is 9.08. The predicted molar refractivity (Wildman–Crippen MR) is 67.4 cm³/mol. The molecule has 1 aromatic heterocycles. The Labute approximate surface area is 105 Å². The quantitative estimate of drug-likeness (QED) is 0.864. The molecule has 0 aromatic carbocycles. The summed E-state index contributed by atoms with van der Waals surface area (Å²) in [5.74, 6) is 0.00333. The second-order valence-electron chi connectivity index (χ2n) is 4.08. The van der Waals surface area contributed by atoms with Gasteiger partial charge < -0.3 is 4.74 Å². The van der Waals surface area contributed by atoms with Crippen molar-refractivity contribution in [1.29, 1.82) is 0 Å². The zero-order chi connectivity index (χ0) is 12.3. The maximum atomic E-state index is 10.9. The molecule has 17 heavy (non-hydrogen) atoms. The first-order chi connectivity index (χ1) is 8.04. The Balaban J connectivity index is 1.89. The van der Waals surface area contributed by atoms with Gasteiger partial charge in [0.15, 0.2) is 0 Å². The van der Waals surface area contributed by atoms with Gasteiger partial charge >= 0.3 is 0 Å². The van der Waals surface area contributed by atoms with Gasteiger partial charge in [-0.05, 0) is 22.4 Å². The molecule has 7 heteroatoms. The van der Waals surface area contributed by atoms with E-state index in [-0.39, 0.29) is 11.9 Å². The fourth-order valence-corrected chi connectivity index (χ4v) is 3.04. The minimum absolute atomic E-state index is 0.00333. The van der Waals surface area contributed by atoms with Crippen LogP contribution in [-0.4, -0.2) is 45.3 Å². The van der Waals surface area contributed by atoms with Gasteiger partial charge in [-0.3, -0.25) is 4.90 Å². The van der Waals surface area contributed by atoms with E-state index < -0.39 is 10.0 Å². The van der Waals surface area contributed by atoms with Crippen LogP contribution in [0.25, 0.3) is 0 Å². The van der Waals surface area contributed by atoms with Crippen LogP contribution in [0.2, 0.25) is 0 Å². The molecule has 1 saturated heterocycles. The molecular weight excluding hydrogens is 260 g/mol. The molecule has 1 aliphatic rings. The van der Waals surface area contributed by atoms with Crippen LogP contribution in [0.4, 0.5) is 0 Å². The largest absolute Gasteiger partial charge is 0.371 e. The molecule has 1 aromatic rings. The molecule has 0 aliphatic carbocycles. The van der Waals surface area contributed by atoms with Crippen molar-refractivity contribution in [2.45, 2.75) is 6.10 Å². The SMILES string of the molecule is NS(=O)(=O)CCN1CCO[C@@H](c2ccsc2)C1. The average molecular weight is 276 g/mol. The van der Waals surface area contributed by atoms with Crippen LogP contribution in [0.15, 0.2) is 16.8 Å². The number of rotatable bonds is 4. The summed E-state index contributed by atoms with van der Waals surface area (Å²) in [4.78, 5) is 2.08. The fourth-order valence-electron chi connectivity index (χ4n) is 1.82. The van der Waals surface area contributed by atoms with Crippen molar-refractivity contribution in [2.75, 3.05) is 32.0 Å². The van der Waals surface area contributed by atoms with Crippen LogP contribution >= 0.6 is 11.3 Å². The Morgan fingerprint density at radius 3 is 3.06 bits per heavy atom. The minimum Gasteiger partial charge on any atom is -0.371 e. The zero-order valence-electron chi connectivity index (χ0n) is 9.41. The lowest BCUT2D eigenvalue weighted by Crippen LogP contribution is -2.41. The maximum Gasteiger partial charge on any atom is 0.210 e. The van der Waals surface area contributed by atoms with E-state index in [1.165, 1.54) is 0 Å². The van der Waals surface area contributed by atoms with Gasteiger partial charge in [-0.15, -0.1) is 0 Å². The summed E-state index contributed by atoms with van der Waals surface area (Å²) in [7, 11) is -3.38.